The predicted octanol–water partition coefficient (Wildman–Crippen LogP) is 1.70. The molecule has 0 bridgehead atoms. The quantitative estimate of drug-likeness (QED) is 0.876. The molecule has 2 aliphatic heterocycles. The molecule has 2 aliphatic rings. The minimum absolute atomic E-state index is 0.0966. The monoisotopic (exact) mass is 263 g/mol. The fraction of sp³-hybridized carbons (Fsp3) is 0.600. The van der Waals surface area contributed by atoms with Crippen molar-refractivity contribution in [2.24, 2.45) is 0 Å². The summed E-state index contributed by atoms with van der Waals surface area (Å²) in [6, 6.07) is 7.70. The molecule has 1 N–H and O–H groups in total. The van der Waals surface area contributed by atoms with Crippen molar-refractivity contribution in [1.82, 2.24) is 10.2 Å². The van der Waals surface area contributed by atoms with Crippen molar-refractivity contribution in [3.05, 3.63) is 30.1 Å². The van der Waals surface area contributed by atoms with Gasteiger partial charge in [0.25, 0.3) is 0 Å². The van der Waals surface area contributed by atoms with Crippen LogP contribution in [0.4, 0.5) is 10.1 Å². The van der Waals surface area contributed by atoms with Crippen molar-refractivity contribution < 1.29 is 4.39 Å². The summed E-state index contributed by atoms with van der Waals surface area (Å²) < 4.78 is 13.8. The Labute approximate surface area is 114 Å². The lowest BCUT2D eigenvalue weighted by Gasteiger charge is -2.27. The molecule has 0 saturated carbocycles. The van der Waals surface area contributed by atoms with Gasteiger partial charge < -0.3 is 10.2 Å². The highest BCUT2D eigenvalue weighted by atomic mass is 19.1. The molecule has 1 unspecified atom stereocenters. The standard InChI is InChI=1S/C15H22FN3/c16-14-4-1-2-5-15(14)19-10-6-13(12-19)18-9-3-7-17-8-11-18/h1-2,4-5,13,17H,3,6-12H2. The van der Waals surface area contributed by atoms with Crippen LogP contribution in [0.25, 0.3) is 0 Å². The van der Waals surface area contributed by atoms with Gasteiger partial charge in [-0.05, 0) is 38.1 Å². The highest BCUT2D eigenvalue weighted by molar-refractivity contribution is 5.48. The van der Waals surface area contributed by atoms with Crippen LogP contribution in [-0.4, -0.2) is 50.2 Å². The highest BCUT2D eigenvalue weighted by Gasteiger charge is 2.28. The van der Waals surface area contributed by atoms with Crippen molar-refractivity contribution in [1.29, 1.82) is 0 Å². The SMILES string of the molecule is Fc1ccccc1N1CCC(N2CCCNCC2)C1. The number of para-hydroxylation sites is 1. The Bertz CT molecular complexity index is 416. The van der Waals surface area contributed by atoms with Crippen LogP contribution >= 0.6 is 0 Å². The van der Waals surface area contributed by atoms with Crippen molar-refractivity contribution in [3.63, 3.8) is 0 Å². The molecule has 2 fully saturated rings. The van der Waals surface area contributed by atoms with Crippen LogP contribution in [0.5, 0.6) is 0 Å². The first-order valence-electron chi connectivity index (χ1n) is 7.29. The lowest BCUT2D eigenvalue weighted by Crippen LogP contribution is -2.39. The second kappa shape index (κ2) is 5.88. The maximum atomic E-state index is 13.8. The van der Waals surface area contributed by atoms with E-state index in [9.17, 15) is 4.39 Å². The van der Waals surface area contributed by atoms with Crippen molar-refractivity contribution in [2.45, 2.75) is 18.9 Å². The normalized spacial score (nSPS) is 25.5. The Kier molecular flexibility index (Phi) is 3.99. The van der Waals surface area contributed by atoms with Gasteiger partial charge in [-0.1, -0.05) is 12.1 Å². The summed E-state index contributed by atoms with van der Waals surface area (Å²) in [6.45, 7) is 6.42. The number of anilines is 1. The summed E-state index contributed by atoms with van der Waals surface area (Å²) in [6.07, 6.45) is 2.37. The van der Waals surface area contributed by atoms with E-state index in [1.807, 2.05) is 12.1 Å². The number of hydrogen-bond acceptors (Lipinski definition) is 3. The third kappa shape index (κ3) is 2.90. The van der Waals surface area contributed by atoms with Crippen molar-refractivity contribution >= 4 is 5.69 Å². The molecule has 0 spiro atoms. The first kappa shape index (κ1) is 12.9. The van der Waals surface area contributed by atoms with Crippen molar-refractivity contribution in [2.75, 3.05) is 44.2 Å². The average molecular weight is 263 g/mol. The molecule has 1 aromatic rings. The minimum atomic E-state index is -0.0966. The van der Waals surface area contributed by atoms with Crippen LogP contribution < -0.4 is 10.2 Å². The molecule has 3 rings (SSSR count). The first-order valence-corrected chi connectivity index (χ1v) is 7.29. The van der Waals surface area contributed by atoms with E-state index in [4.69, 9.17) is 0 Å². The Hall–Kier alpha value is -1.13. The molecule has 2 heterocycles. The van der Waals surface area contributed by atoms with Crippen LogP contribution in [0.15, 0.2) is 24.3 Å². The second-order valence-electron chi connectivity index (χ2n) is 5.48. The zero-order chi connectivity index (χ0) is 13.1. The van der Waals surface area contributed by atoms with Crippen LogP contribution in [0.2, 0.25) is 0 Å². The molecule has 0 aromatic heterocycles. The third-order valence-corrected chi connectivity index (χ3v) is 4.25. The number of rotatable bonds is 2. The van der Waals surface area contributed by atoms with Crippen molar-refractivity contribution in [3.8, 4) is 0 Å². The van der Waals surface area contributed by atoms with Crippen LogP contribution in [0.3, 0.4) is 0 Å². The Balaban J connectivity index is 1.65. The number of halogens is 1. The Morgan fingerprint density at radius 3 is 2.89 bits per heavy atom. The summed E-state index contributed by atoms with van der Waals surface area (Å²) in [4.78, 5) is 4.76. The van der Waals surface area contributed by atoms with Gasteiger partial charge in [0.2, 0.25) is 0 Å². The van der Waals surface area contributed by atoms with E-state index in [2.05, 4.69) is 15.1 Å². The third-order valence-electron chi connectivity index (χ3n) is 4.25. The molecule has 0 aliphatic carbocycles. The minimum Gasteiger partial charge on any atom is -0.368 e. The molecule has 1 atom stereocenters. The summed E-state index contributed by atoms with van der Waals surface area (Å²) in [5, 5.41) is 3.44. The van der Waals surface area contributed by atoms with Gasteiger partial charge in [0.15, 0.2) is 0 Å². The van der Waals surface area contributed by atoms with Gasteiger partial charge in [0.05, 0.1) is 5.69 Å². The topological polar surface area (TPSA) is 18.5 Å². The lowest BCUT2D eigenvalue weighted by molar-refractivity contribution is 0.224. The van der Waals surface area contributed by atoms with E-state index < -0.39 is 0 Å². The molecular weight excluding hydrogens is 241 g/mol. The molecule has 1 aromatic carbocycles. The van der Waals surface area contributed by atoms with Crippen LogP contribution in [0.1, 0.15) is 12.8 Å². The van der Waals surface area contributed by atoms with Gasteiger partial charge in [-0.25, -0.2) is 4.39 Å². The number of nitrogens with zero attached hydrogens (tertiary/aromatic N) is 2. The summed E-state index contributed by atoms with van der Waals surface area (Å²) >= 11 is 0. The molecule has 3 nitrogen and oxygen atoms in total. The summed E-state index contributed by atoms with van der Waals surface area (Å²) in [5.74, 6) is -0.0966. The second-order valence-corrected chi connectivity index (χ2v) is 5.48. The van der Waals surface area contributed by atoms with Gasteiger partial charge >= 0.3 is 0 Å². The molecule has 0 amide bonds. The van der Waals surface area contributed by atoms with Crippen LogP contribution in [-0.2, 0) is 0 Å². The zero-order valence-corrected chi connectivity index (χ0v) is 11.3. The Morgan fingerprint density at radius 1 is 1.11 bits per heavy atom. The van der Waals surface area contributed by atoms with Gasteiger partial charge in [0, 0.05) is 32.2 Å². The first-order chi connectivity index (χ1) is 9.34. The maximum absolute atomic E-state index is 13.8. The average Bonchev–Trinajstić information content (AvgIpc) is 2.75. The van der Waals surface area contributed by atoms with E-state index in [-0.39, 0.29) is 5.82 Å². The molecule has 104 valence electrons. The fourth-order valence-corrected chi connectivity index (χ4v) is 3.20. The highest BCUT2D eigenvalue weighted by Crippen LogP contribution is 2.25. The fourth-order valence-electron chi connectivity index (χ4n) is 3.20. The summed E-state index contributed by atoms with van der Waals surface area (Å²) in [5.41, 5.74) is 0.762. The van der Waals surface area contributed by atoms with Crippen LogP contribution in [0, 0.1) is 5.82 Å². The Morgan fingerprint density at radius 2 is 2.00 bits per heavy atom. The van der Waals surface area contributed by atoms with E-state index in [0.29, 0.717) is 6.04 Å². The lowest BCUT2D eigenvalue weighted by atomic mass is 10.2. The molecule has 0 radical (unpaired) electrons. The smallest absolute Gasteiger partial charge is 0.146 e. The zero-order valence-electron chi connectivity index (χ0n) is 11.3. The van der Waals surface area contributed by atoms with Gasteiger partial charge in [-0.2, -0.15) is 0 Å². The summed E-state index contributed by atoms with van der Waals surface area (Å²) in [7, 11) is 0. The van der Waals surface area contributed by atoms with Gasteiger partial charge in [-0.15, -0.1) is 0 Å². The maximum Gasteiger partial charge on any atom is 0.146 e. The van der Waals surface area contributed by atoms with Gasteiger partial charge in [0.1, 0.15) is 5.82 Å². The molecule has 4 heteroatoms. The van der Waals surface area contributed by atoms with Gasteiger partial charge in [-0.3, -0.25) is 4.90 Å². The number of hydrogen-bond donors (Lipinski definition) is 1. The van der Waals surface area contributed by atoms with E-state index >= 15 is 0 Å². The van der Waals surface area contributed by atoms with E-state index in [0.717, 1.165) is 44.8 Å². The predicted molar refractivity (Wildman–Crippen MR) is 76.1 cm³/mol. The molecular formula is C15H22FN3. The largest absolute Gasteiger partial charge is 0.368 e. The van der Waals surface area contributed by atoms with E-state index in [1.54, 1.807) is 12.1 Å². The number of benzene rings is 1. The number of nitrogens with one attached hydrogen (secondary N) is 1. The molecule has 19 heavy (non-hydrogen) atoms. The molecule has 2 saturated heterocycles. The van der Waals surface area contributed by atoms with E-state index in [1.165, 1.54) is 13.0 Å².